The molecule has 0 aromatic heterocycles. The van der Waals surface area contributed by atoms with Crippen molar-refractivity contribution in [3.63, 3.8) is 0 Å². The third-order valence-corrected chi connectivity index (χ3v) is 5.42. The number of nitrogens with one attached hydrogen (secondary N) is 1. The lowest BCUT2D eigenvalue weighted by Gasteiger charge is -2.32. The Morgan fingerprint density at radius 2 is 1.72 bits per heavy atom. The van der Waals surface area contributed by atoms with Crippen molar-refractivity contribution >= 4 is 40.7 Å². The highest BCUT2D eigenvalue weighted by Gasteiger charge is 2.29. The van der Waals surface area contributed by atoms with E-state index in [0.29, 0.717) is 29.4 Å². The Hall–Kier alpha value is -2.86. The zero-order chi connectivity index (χ0) is 21.0. The van der Waals surface area contributed by atoms with Gasteiger partial charge in [0.2, 0.25) is 11.8 Å². The Kier molecular flexibility index (Phi) is 6.54. The van der Waals surface area contributed by atoms with Crippen LogP contribution >= 0.6 is 11.6 Å². The van der Waals surface area contributed by atoms with Gasteiger partial charge in [0.25, 0.3) is 5.91 Å². The van der Waals surface area contributed by atoms with E-state index in [2.05, 4.69) is 5.32 Å². The zero-order valence-electron chi connectivity index (χ0n) is 16.5. The molecule has 152 valence electrons. The van der Waals surface area contributed by atoms with E-state index in [4.69, 9.17) is 11.6 Å². The van der Waals surface area contributed by atoms with Crippen molar-refractivity contribution in [2.75, 3.05) is 30.4 Å². The molecule has 1 heterocycles. The third-order valence-electron chi connectivity index (χ3n) is 5.17. The highest BCUT2D eigenvalue weighted by molar-refractivity contribution is 6.30. The Labute approximate surface area is 175 Å². The van der Waals surface area contributed by atoms with Gasteiger partial charge in [0, 0.05) is 49.0 Å². The summed E-state index contributed by atoms with van der Waals surface area (Å²) < 4.78 is 0. The normalized spacial score (nSPS) is 16.2. The predicted molar refractivity (Wildman–Crippen MR) is 114 cm³/mol. The molecular formula is C22H24ClN3O3. The maximum absolute atomic E-state index is 12.7. The van der Waals surface area contributed by atoms with Crippen molar-refractivity contribution < 1.29 is 14.4 Å². The number of benzene rings is 2. The van der Waals surface area contributed by atoms with Gasteiger partial charge >= 0.3 is 0 Å². The molecule has 0 bridgehead atoms. The largest absolute Gasteiger partial charge is 0.338 e. The minimum Gasteiger partial charge on any atom is -0.338 e. The van der Waals surface area contributed by atoms with Gasteiger partial charge in [0.1, 0.15) is 0 Å². The summed E-state index contributed by atoms with van der Waals surface area (Å²) in [5.74, 6) is -0.518. The molecule has 1 N–H and O–H groups in total. The predicted octanol–water partition coefficient (Wildman–Crippen LogP) is 3.81. The molecule has 0 radical (unpaired) electrons. The molecule has 1 aliphatic heterocycles. The summed E-state index contributed by atoms with van der Waals surface area (Å²) in [6.07, 6.45) is 1.52. The molecule has 7 heteroatoms. The van der Waals surface area contributed by atoms with Crippen LogP contribution < -0.4 is 10.2 Å². The van der Waals surface area contributed by atoms with E-state index >= 15 is 0 Å². The van der Waals surface area contributed by atoms with Crippen molar-refractivity contribution in [1.82, 2.24) is 4.90 Å². The lowest BCUT2D eigenvalue weighted by Crippen LogP contribution is -2.43. The molecule has 3 amide bonds. The van der Waals surface area contributed by atoms with Crippen molar-refractivity contribution in [3.8, 4) is 0 Å². The standard InChI is InChI=1S/C22H24ClN3O3/c1-15(27)25(2)20-11-9-19(10-12-20)24-21(28)17-4-3-13-26(14-17)22(29)16-5-7-18(23)8-6-16/h5-12,17H,3-4,13-14H2,1-2H3,(H,24,28). The van der Waals surface area contributed by atoms with E-state index in [1.165, 1.54) is 11.8 Å². The van der Waals surface area contributed by atoms with Crippen LogP contribution in [-0.4, -0.2) is 42.8 Å². The summed E-state index contributed by atoms with van der Waals surface area (Å²) in [7, 11) is 1.70. The van der Waals surface area contributed by atoms with Gasteiger partial charge in [-0.1, -0.05) is 11.6 Å². The first kappa shape index (κ1) is 20.9. The molecule has 1 saturated heterocycles. The summed E-state index contributed by atoms with van der Waals surface area (Å²) in [4.78, 5) is 40.1. The number of hydrogen-bond acceptors (Lipinski definition) is 3. The van der Waals surface area contributed by atoms with Crippen LogP contribution in [-0.2, 0) is 9.59 Å². The van der Waals surface area contributed by atoms with Crippen molar-refractivity contribution in [3.05, 3.63) is 59.1 Å². The second-order valence-corrected chi connectivity index (χ2v) is 7.65. The molecule has 29 heavy (non-hydrogen) atoms. The number of carbonyl (C=O) groups is 3. The van der Waals surface area contributed by atoms with Gasteiger partial charge in [-0.15, -0.1) is 0 Å². The molecule has 1 unspecified atom stereocenters. The molecule has 6 nitrogen and oxygen atoms in total. The van der Waals surface area contributed by atoms with Gasteiger partial charge in [-0.05, 0) is 61.4 Å². The van der Waals surface area contributed by atoms with Crippen LogP contribution in [0.5, 0.6) is 0 Å². The molecule has 0 aliphatic carbocycles. The minimum absolute atomic E-state index is 0.0607. The van der Waals surface area contributed by atoms with Gasteiger partial charge in [0.15, 0.2) is 0 Å². The van der Waals surface area contributed by atoms with E-state index in [9.17, 15) is 14.4 Å². The lowest BCUT2D eigenvalue weighted by atomic mass is 9.96. The molecule has 3 rings (SSSR count). The topological polar surface area (TPSA) is 69.7 Å². The number of amides is 3. The number of nitrogens with zero attached hydrogens (tertiary/aromatic N) is 2. The second kappa shape index (κ2) is 9.09. The van der Waals surface area contributed by atoms with Crippen molar-refractivity contribution in [1.29, 1.82) is 0 Å². The van der Waals surface area contributed by atoms with Crippen LogP contribution in [0, 0.1) is 5.92 Å². The van der Waals surface area contributed by atoms with Gasteiger partial charge in [-0.3, -0.25) is 14.4 Å². The fourth-order valence-electron chi connectivity index (χ4n) is 3.35. The average molecular weight is 414 g/mol. The molecule has 0 spiro atoms. The number of likely N-dealkylation sites (tertiary alicyclic amines) is 1. The van der Waals surface area contributed by atoms with Crippen LogP contribution in [0.3, 0.4) is 0 Å². The maximum Gasteiger partial charge on any atom is 0.253 e. The van der Waals surface area contributed by atoms with E-state index in [1.54, 1.807) is 60.5 Å². The van der Waals surface area contributed by atoms with Crippen molar-refractivity contribution in [2.24, 2.45) is 5.92 Å². The Morgan fingerprint density at radius 3 is 2.34 bits per heavy atom. The SMILES string of the molecule is CC(=O)N(C)c1ccc(NC(=O)C2CCCN(C(=O)c3ccc(Cl)cc3)C2)cc1. The highest BCUT2D eigenvalue weighted by Crippen LogP contribution is 2.22. The molecule has 1 fully saturated rings. The summed E-state index contributed by atoms with van der Waals surface area (Å²) in [6.45, 7) is 2.52. The number of anilines is 2. The van der Waals surface area contributed by atoms with Crippen LogP contribution in [0.4, 0.5) is 11.4 Å². The maximum atomic E-state index is 12.7. The monoisotopic (exact) mass is 413 g/mol. The second-order valence-electron chi connectivity index (χ2n) is 7.21. The number of hydrogen-bond donors (Lipinski definition) is 1. The fraction of sp³-hybridized carbons (Fsp3) is 0.318. The Bertz CT molecular complexity index is 897. The summed E-state index contributed by atoms with van der Waals surface area (Å²) in [5.41, 5.74) is 1.99. The quantitative estimate of drug-likeness (QED) is 0.828. The fourth-order valence-corrected chi connectivity index (χ4v) is 3.47. The van der Waals surface area contributed by atoms with Gasteiger partial charge in [-0.25, -0.2) is 0 Å². The first-order chi connectivity index (χ1) is 13.8. The van der Waals surface area contributed by atoms with Crippen LogP contribution in [0.15, 0.2) is 48.5 Å². The van der Waals surface area contributed by atoms with Crippen LogP contribution in [0.25, 0.3) is 0 Å². The van der Waals surface area contributed by atoms with Gasteiger partial charge < -0.3 is 15.1 Å². The van der Waals surface area contributed by atoms with Crippen LogP contribution in [0.1, 0.15) is 30.1 Å². The van der Waals surface area contributed by atoms with Gasteiger partial charge in [-0.2, -0.15) is 0 Å². The smallest absolute Gasteiger partial charge is 0.253 e. The number of halogens is 1. The van der Waals surface area contributed by atoms with E-state index in [1.807, 2.05) is 0 Å². The summed E-state index contributed by atoms with van der Waals surface area (Å²) in [6, 6.07) is 13.9. The molecule has 0 saturated carbocycles. The summed E-state index contributed by atoms with van der Waals surface area (Å²) >= 11 is 5.89. The first-order valence-corrected chi connectivity index (χ1v) is 9.93. The Balaban J connectivity index is 1.61. The number of piperidine rings is 1. The Morgan fingerprint density at radius 1 is 1.07 bits per heavy atom. The van der Waals surface area contributed by atoms with E-state index < -0.39 is 0 Å². The minimum atomic E-state index is -0.264. The highest BCUT2D eigenvalue weighted by atomic mass is 35.5. The number of carbonyl (C=O) groups excluding carboxylic acids is 3. The molecule has 1 atom stereocenters. The molecule has 1 aliphatic rings. The zero-order valence-corrected chi connectivity index (χ0v) is 17.3. The van der Waals surface area contributed by atoms with E-state index in [-0.39, 0.29) is 23.6 Å². The third kappa shape index (κ3) is 5.15. The molecular weight excluding hydrogens is 390 g/mol. The van der Waals surface area contributed by atoms with Crippen LogP contribution in [0.2, 0.25) is 5.02 Å². The van der Waals surface area contributed by atoms with E-state index in [0.717, 1.165) is 18.5 Å². The molecule has 2 aromatic rings. The summed E-state index contributed by atoms with van der Waals surface area (Å²) in [5, 5.41) is 3.50. The lowest BCUT2D eigenvalue weighted by molar-refractivity contribution is -0.121. The average Bonchev–Trinajstić information content (AvgIpc) is 2.74. The van der Waals surface area contributed by atoms with Gasteiger partial charge in [0.05, 0.1) is 5.92 Å². The number of rotatable bonds is 4. The first-order valence-electron chi connectivity index (χ1n) is 9.55. The molecule has 2 aromatic carbocycles. The van der Waals surface area contributed by atoms with Crippen molar-refractivity contribution in [2.45, 2.75) is 19.8 Å².